The van der Waals surface area contributed by atoms with Gasteiger partial charge in [0.25, 0.3) is 0 Å². The second-order valence-corrected chi connectivity index (χ2v) is 6.07. The van der Waals surface area contributed by atoms with E-state index in [0.717, 1.165) is 31.8 Å². The lowest BCUT2D eigenvalue weighted by Crippen LogP contribution is -2.57. The lowest BCUT2D eigenvalue weighted by molar-refractivity contribution is 0.217. The molecule has 0 amide bonds. The van der Waals surface area contributed by atoms with E-state index in [1.807, 2.05) is 6.07 Å². The molecule has 1 aromatic rings. The molecule has 1 saturated heterocycles. The molecule has 0 aromatic heterocycles. The summed E-state index contributed by atoms with van der Waals surface area (Å²) in [5.41, 5.74) is 1.43. The molecule has 0 saturated carbocycles. The molecule has 1 aromatic carbocycles. The summed E-state index contributed by atoms with van der Waals surface area (Å²) in [4.78, 5) is 2.43. The lowest BCUT2D eigenvalue weighted by Gasteiger charge is -2.40. The van der Waals surface area contributed by atoms with Crippen molar-refractivity contribution in [2.75, 3.05) is 24.5 Å². The van der Waals surface area contributed by atoms with Crippen LogP contribution in [0.4, 0.5) is 5.69 Å². The van der Waals surface area contributed by atoms with Crippen LogP contribution in [0, 0.1) is 0 Å². The zero-order valence-electron chi connectivity index (χ0n) is 12.6. The van der Waals surface area contributed by atoms with Gasteiger partial charge in [0.1, 0.15) is 5.75 Å². The SMILES string of the molecule is CCC(C)Oc1cccc(N2CCNC(C)(C)C2)c1. The molecule has 1 atom stereocenters. The minimum atomic E-state index is 0.172. The van der Waals surface area contributed by atoms with E-state index in [-0.39, 0.29) is 11.6 Å². The van der Waals surface area contributed by atoms with Gasteiger partial charge in [-0.1, -0.05) is 13.0 Å². The largest absolute Gasteiger partial charge is 0.491 e. The molecule has 0 bridgehead atoms. The van der Waals surface area contributed by atoms with E-state index in [1.165, 1.54) is 5.69 Å². The van der Waals surface area contributed by atoms with Crippen molar-refractivity contribution in [2.45, 2.75) is 45.8 Å². The van der Waals surface area contributed by atoms with Gasteiger partial charge in [-0.25, -0.2) is 0 Å². The summed E-state index contributed by atoms with van der Waals surface area (Å²) < 4.78 is 5.90. The maximum Gasteiger partial charge on any atom is 0.121 e. The number of piperazine rings is 1. The highest BCUT2D eigenvalue weighted by molar-refractivity contribution is 5.51. The number of rotatable bonds is 4. The van der Waals surface area contributed by atoms with E-state index in [9.17, 15) is 0 Å². The number of nitrogens with one attached hydrogen (secondary N) is 1. The van der Waals surface area contributed by atoms with Crippen molar-refractivity contribution in [3.05, 3.63) is 24.3 Å². The summed E-state index contributed by atoms with van der Waals surface area (Å²) >= 11 is 0. The molecule has 1 N–H and O–H groups in total. The zero-order chi connectivity index (χ0) is 13.9. The van der Waals surface area contributed by atoms with Gasteiger partial charge in [-0.05, 0) is 39.3 Å². The Morgan fingerprint density at radius 1 is 1.42 bits per heavy atom. The molecule has 0 aliphatic carbocycles. The molecule has 1 heterocycles. The molecule has 1 aliphatic heterocycles. The van der Waals surface area contributed by atoms with Gasteiger partial charge in [-0.2, -0.15) is 0 Å². The van der Waals surface area contributed by atoms with Crippen LogP contribution in [0.3, 0.4) is 0 Å². The highest BCUT2D eigenvalue weighted by atomic mass is 16.5. The van der Waals surface area contributed by atoms with Crippen LogP contribution in [0.25, 0.3) is 0 Å². The van der Waals surface area contributed by atoms with Gasteiger partial charge in [0.15, 0.2) is 0 Å². The van der Waals surface area contributed by atoms with E-state index in [2.05, 4.69) is 56.1 Å². The van der Waals surface area contributed by atoms with E-state index in [1.54, 1.807) is 0 Å². The summed E-state index contributed by atoms with van der Waals surface area (Å²) in [5, 5.41) is 3.54. The first-order chi connectivity index (χ1) is 9.00. The minimum Gasteiger partial charge on any atom is -0.491 e. The number of hydrogen-bond donors (Lipinski definition) is 1. The quantitative estimate of drug-likeness (QED) is 0.902. The fraction of sp³-hybridized carbons (Fsp3) is 0.625. The summed E-state index contributed by atoms with van der Waals surface area (Å²) in [6.45, 7) is 11.9. The number of anilines is 1. The maximum absolute atomic E-state index is 5.90. The summed E-state index contributed by atoms with van der Waals surface area (Å²) in [6, 6.07) is 8.46. The Morgan fingerprint density at radius 3 is 2.89 bits per heavy atom. The third kappa shape index (κ3) is 3.87. The summed E-state index contributed by atoms with van der Waals surface area (Å²) in [6.07, 6.45) is 1.31. The van der Waals surface area contributed by atoms with Crippen LogP contribution in [0.2, 0.25) is 0 Å². The highest BCUT2D eigenvalue weighted by Crippen LogP contribution is 2.25. The Kier molecular flexibility index (Phi) is 4.35. The molecule has 3 heteroatoms. The van der Waals surface area contributed by atoms with Crippen LogP contribution in [0.1, 0.15) is 34.1 Å². The standard InChI is InChI=1S/C16H26N2O/c1-5-13(2)19-15-8-6-7-14(11-15)18-10-9-17-16(3,4)12-18/h6-8,11,13,17H,5,9-10,12H2,1-4H3. The third-order valence-corrected chi connectivity index (χ3v) is 3.67. The smallest absolute Gasteiger partial charge is 0.121 e. The van der Waals surface area contributed by atoms with E-state index in [0.29, 0.717) is 0 Å². The second-order valence-electron chi connectivity index (χ2n) is 6.07. The van der Waals surface area contributed by atoms with Gasteiger partial charge in [0, 0.05) is 36.9 Å². The second kappa shape index (κ2) is 5.83. The van der Waals surface area contributed by atoms with E-state index >= 15 is 0 Å². The minimum absolute atomic E-state index is 0.172. The predicted octanol–water partition coefficient (Wildman–Crippen LogP) is 3.05. The van der Waals surface area contributed by atoms with Crippen molar-refractivity contribution >= 4 is 5.69 Å². The molecule has 0 spiro atoms. The predicted molar refractivity (Wildman–Crippen MR) is 81.1 cm³/mol. The van der Waals surface area contributed by atoms with Crippen molar-refractivity contribution < 1.29 is 4.74 Å². The molecule has 1 aliphatic rings. The summed E-state index contributed by atoms with van der Waals surface area (Å²) in [5.74, 6) is 0.975. The van der Waals surface area contributed by atoms with Crippen molar-refractivity contribution in [1.82, 2.24) is 5.32 Å². The van der Waals surface area contributed by atoms with E-state index in [4.69, 9.17) is 4.74 Å². The molecular formula is C16H26N2O. The fourth-order valence-electron chi connectivity index (χ4n) is 2.43. The molecule has 106 valence electrons. The third-order valence-electron chi connectivity index (χ3n) is 3.67. The van der Waals surface area contributed by atoms with Crippen molar-refractivity contribution in [3.63, 3.8) is 0 Å². The van der Waals surface area contributed by atoms with Crippen LogP contribution in [-0.2, 0) is 0 Å². The molecule has 1 unspecified atom stereocenters. The van der Waals surface area contributed by atoms with Crippen LogP contribution in [-0.4, -0.2) is 31.3 Å². The molecular weight excluding hydrogens is 236 g/mol. The normalized spacial score (nSPS) is 20.1. The number of benzene rings is 1. The average Bonchev–Trinajstić information content (AvgIpc) is 2.38. The Hall–Kier alpha value is -1.22. The van der Waals surface area contributed by atoms with Gasteiger partial charge in [0.05, 0.1) is 6.10 Å². The van der Waals surface area contributed by atoms with Gasteiger partial charge in [-0.15, -0.1) is 0 Å². The highest BCUT2D eigenvalue weighted by Gasteiger charge is 2.25. The topological polar surface area (TPSA) is 24.5 Å². The molecule has 0 radical (unpaired) electrons. The van der Waals surface area contributed by atoms with Gasteiger partial charge in [-0.3, -0.25) is 0 Å². The Labute approximate surface area is 116 Å². The number of ether oxygens (including phenoxy) is 1. The van der Waals surface area contributed by atoms with Gasteiger partial charge < -0.3 is 15.0 Å². The average molecular weight is 262 g/mol. The van der Waals surface area contributed by atoms with Crippen molar-refractivity contribution in [3.8, 4) is 5.75 Å². The lowest BCUT2D eigenvalue weighted by atomic mass is 10.0. The first-order valence-corrected chi connectivity index (χ1v) is 7.27. The zero-order valence-corrected chi connectivity index (χ0v) is 12.6. The number of hydrogen-bond acceptors (Lipinski definition) is 3. The monoisotopic (exact) mass is 262 g/mol. The van der Waals surface area contributed by atoms with Crippen molar-refractivity contribution in [2.24, 2.45) is 0 Å². The molecule has 1 fully saturated rings. The Balaban J connectivity index is 2.10. The van der Waals surface area contributed by atoms with Crippen LogP contribution < -0.4 is 15.0 Å². The van der Waals surface area contributed by atoms with E-state index < -0.39 is 0 Å². The maximum atomic E-state index is 5.90. The van der Waals surface area contributed by atoms with Gasteiger partial charge in [0.2, 0.25) is 0 Å². The summed E-state index contributed by atoms with van der Waals surface area (Å²) in [7, 11) is 0. The van der Waals surface area contributed by atoms with Crippen LogP contribution in [0.15, 0.2) is 24.3 Å². The number of nitrogens with zero attached hydrogens (tertiary/aromatic N) is 1. The Morgan fingerprint density at radius 2 is 2.21 bits per heavy atom. The Bertz CT molecular complexity index is 417. The van der Waals surface area contributed by atoms with Crippen LogP contribution >= 0.6 is 0 Å². The van der Waals surface area contributed by atoms with Gasteiger partial charge >= 0.3 is 0 Å². The first-order valence-electron chi connectivity index (χ1n) is 7.27. The van der Waals surface area contributed by atoms with Crippen LogP contribution in [0.5, 0.6) is 5.75 Å². The fourth-order valence-corrected chi connectivity index (χ4v) is 2.43. The molecule has 19 heavy (non-hydrogen) atoms. The molecule has 2 rings (SSSR count). The molecule has 3 nitrogen and oxygen atoms in total. The van der Waals surface area contributed by atoms with Crippen molar-refractivity contribution in [1.29, 1.82) is 0 Å². The first kappa shape index (κ1) is 14.2.